The van der Waals surface area contributed by atoms with Crippen LogP contribution in [0, 0.1) is 10.1 Å². The van der Waals surface area contributed by atoms with Gasteiger partial charge in [0.15, 0.2) is 5.82 Å². The van der Waals surface area contributed by atoms with Crippen molar-refractivity contribution in [1.82, 2.24) is 15.0 Å². The lowest BCUT2D eigenvalue weighted by molar-refractivity contribution is -0.385. The highest BCUT2D eigenvalue weighted by Gasteiger charge is 2.11. The highest BCUT2D eigenvalue weighted by Crippen LogP contribution is 2.18. The summed E-state index contributed by atoms with van der Waals surface area (Å²) in [6, 6.07) is 6.65. The van der Waals surface area contributed by atoms with Crippen LogP contribution in [-0.2, 0) is 13.0 Å². The number of nitrogens with two attached hydrogens (primary N) is 1. The van der Waals surface area contributed by atoms with E-state index in [9.17, 15) is 10.1 Å². The van der Waals surface area contributed by atoms with Crippen molar-refractivity contribution in [1.29, 1.82) is 0 Å². The van der Waals surface area contributed by atoms with Crippen LogP contribution in [0.5, 0.6) is 0 Å². The molecule has 0 radical (unpaired) electrons. The number of nitrogen functional groups attached to an aromatic ring is 1. The quantitative estimate of drug-likeness (QED) is 0.627. The summed E-state index contributed by atoms with van der Waals surface area (Å²) in [5, 5.41) is 18.2. The largest absolute Gasteiger partial charge is 0.381 e. The van der Waals surface area contributed by atoms with Crippen LogP contribution >= 0.6 is 0 Å². The van der Waals surface area contributed by atoms with Crippen LogP contribution in [0.4, 0.5) is 11.5 Å². The number of hydrogen-bond acceptors (Lipinski definition) is 5. The van der Waals surface area contributed by atoms with Crippen LogP contribution in [-0.4, -0.2) is 19.9 Å². The second-order valence-corrected chi connectivity index (χ2v) is 3.54. The van der Waals surface area contributed by atoms with Crippen molar-refractivity contribution in [2.75, 3.05) is 5.73 Å². The molecule has 88 valence electrons. The molecule has 0 aliphatic heterocycles. The Kier molecular flexibility index (Phi) is 2.99. The molecule has 0 aliphatic carbocycles. The summed E-state index contributed by atoms with van der Waals surface area (Å²) < 4.78 is 1.56. The molecule has 2 N–H and O–H groups in total. The zero-order chi connectivity index (χ0) is 12.3. The lowest BCUT2D eigenvalue weighted by atomic mass is 10.1. The third kappa shape index (κ3) is 2.57. The van der Waals surface area contributed by atoms with Gasteiger partial charge in [0, 0.05) is 18.2 Å². The Hall–Kier alpha value is -2.44. The molecular formula is C10H11N5O2. The number of nitro benzene ring substituents is 1. The molecule has 0 amide bonds. The van der Waals surface area contributed by atoms with Crippen LogP contribution in [0.1, 0.15) is 5.56 Å². The predicted molar refractivity (Wildman–Crippen MR) is 61.2 cm³/mol. The van der Waals surface area contributed by atoms with Gasteiger partial charge in [0.05, 0.1) is 11.1 Å². The Morgan fingerprint density at radius 3 is 2.82 bits per heavy atom. The van der Waals surface area contributed by atoms with E-state index in [1.807, 2.05) is 0 Å². The second-order valence-electron chi connectivity index (χ2n) is 3.54. The Labute approximate surface area is 97.0 Å². The van der Waals surface area contributed by atoms with Crippen molar-refractivity contribution >= 4 is 11.5 Å². The van der Waals surface area contributed by atoms with E-state index in [2.05, 4.69) is 10.3 Å². The van der Waals surface area contributed by atoms with Gasteiger partial charge in [0.2, 0.25) is 0 Å². The molecule has 0 fully saturated rings. The second kappa shape index (κ2) is 4.60. The van der Waals surface area contributed by atoms with Crippen molar-refractivity contribution < 1.29 is 4.92 Å². The zero-order valence-electron chi connectivity index (χ0n) is 8.98. The smallest absolute Gasteiger partial charge is 0.272 e. The van der Waals surface area contributed by atoms with Crippen LogP contribution in [0.2, 0.25) is 0 Å². The van der Waals surface area contributed by atoms with E-state index >= 15 is 0 Å². The minimum Gasteiger partial charge on any atom is -0.381 e. The van der Waals surface area contributed by atoms with Gasteiger partial charge in [0.25, 0.3) is 5.69 Å². The number of hydrogen-bond donors (Lipinski definition) is 1. The van der Waals surface area contributed by atoms with E-state index in [1.165, 1.54) is 6.07 Å². The maximum Gasteiger partial charge on any atom is 0.272 e. The van der Waals surface area contributed by atoms with E-state index in [0.717, 1.165) is 0 Å². The number of benzene rings is 1. The number of rotatable bonds is 4. The van der Waals surface area contributed by atoms with Gasteiger partial charge in [-0.1, -0.05) is 23.4 Å². The summed E-state index contributed by atoms with van der Waals surface area (Å²) in [5.41, 5.74) is 6.22. The number of aryl methyl sites for hydroxylation is 2. The molecular weight excluding hydrogens is 222 g/mol. The van der Waals surface area contributed by atoms with Crippen molar-refractivity contribution in [2.45, 2.75) is 13.0 Å². The lowest BCUT2D eigenvalue weighted by Crippen LogP contribution is -2.04. The minimum atomic E-state index is -0.384. The third-order valence-corrected chi connectivity index (χ3v) is 2.35. The molecule has 0 aliphatic rings. The van der Waals surface area contributed by atoms with Gasteiger partial charge in [-0.3, -0.25) is 14.8 Å². The molecule has 0 atom stereocenters. The SMILES string of the molecule is Nc1cn(CCc2ccccc2[N+](=O)[O-])nn1. The van der Waals surface area contributed by atoms with E-state index in [1.54, 1.807) is 29.1 Å². The molecule has 0 saturated carbocycles. The van der Waals surface area contributed by atoms with E-state index in [-0.39, 0.29) is 10.6 Å². The maximum atomic E-state index is 10.8. The van der Waals surface area contributed by atoms with Crippen molar-refractivity contribution in [3.8, 4) is 0 Å². The molecule has 2 aromatic rings. The normalized spacial score (nSPS) is 10.4. The fourth-order valence-electron chi connectivity index (χ4n) is 1.56. The van der Waals surface area contributed by atoms with Gasteiger partial charge in [-0.15, -0.1) is 5.10 Å². The third-order valence-electron chi connectivity index (χ3n) is 2.35. The molecule has 1 aromatic carbocycles. The van der Waals surface area contributed by atoms with E-state index in [4.69, 9.17) is 5.73 Å². The summed E-state index contributed by atoms with van der Waals surface area (Å²) in [4.78, 5) is 10.4. The number of nitro groups is 1. The summed E-state index contributed by atoms with van der Waals surface area (Å²) in [6.07, 6.45) is 2.11. The highest BCUT2D eigenvalue weighted by molar-refractivity contribution is 5.39. The lowest BCUT2D eigenvalue weighted by Gasteiger charge is -2.02. The first-order valence-corrected chi connectivity index (χ1v) is 5.05. The number of anilines is 1. The minimum absolute atomic E-state index is 0.126. The fourth-order valence-corrected chi connectivity index (χ4v) is 1.56. The summed E-state index contributed by atoms with van der Waals surface area (Å²) in [5.74, 6) is 0.340. The van der Waals surface area contributed by atoms with Gasteiger partial charge in [-0.25, -0.2) is 0 Å². The monoisotopic (exact) mass is 233 g/mol. The molecule has 7 heteroatoms. The number of aromatic nitrogens is 3. The molecule has 0 bridgehead atoms. The average molecular weight is 233 g/mol. The van der Waals surface area contributed by atoms with Gasteiger partial charge in [0.1, 0.15) is 0 Å². The Balaban J connectivity index is 2.11. The summed E-state index contributed by atoms with van der Waals surface area (Å²) in [7, 11) is 0. The fraction of sp³-hybridized carbons (Fsp3) is 0.200. The Morgan fingerprint density at radius 2 is 2.18 bits per heavy atom. The highest BCUT2D eigenvalue weighted by atomic mass is 16.6. The first-order chi connectivity index (χ1) is 8.16. The van der Waals surface area contributed by atoms with Gasteiger partial charge < -0.3 is 5.73 Å². The first kappa shape index (κ1) is 11.1. The summed E-state index contributed by atoms with van der Waals surface area (Å²) in [6.45, 7) is 0.509. The van der Waals surface area contributed by atoms with Crippen LogP contribution < -0.4 is 5.73 Å². The molecule has 7 nitrogen and oxygen atoms in total. The average Bonchev–Trinajstić information content (AvgIpc) is 2.73. The van der Waals surface area contributed by atoms with Crippen molar-refractivity contribution in [3.63, 3.8) is 0 Å². The topological polar surface area (TPSA) is 99.9 Å². The van der Waals surface area contributed by atoms with Crippen LogP contribution in [0.25, 0.3) is 0 Å². The van der Waals surface area contributed by atoms with Gasteiger partial charge in [-0.05, 0) is 6.42 Å². The molecule has 0 unspecified atom stereocenters. The molecule has 17 heavy (non-hydrogen) atoms. The molecule has 0 spiro atoms. The van der Waals surface area contributed by atoms with Gasteiger partial charge in [-0.2, -0.15) is 0 Å². The van der Waals surface area contributed by atoms with Crippen molar-refractivity contribution in [2.24, 2.45) is 0 Å². The number of para-hydroxylation sites is 1. The Morgan fingerprint density at radius 1 is 1.41 bits per heavy atom. The van der Waals surface area contributed by atoms with Gasteiger partial charge >= 0.3 is 0 Å². The Bertz CT molecular complexity index is 537. The predicted octanol–water partition coefficient (Wildman–Crippen LogP) is 1.01. The van der Waals surface area contributed by atoms with Crippen LogP contribution in [0.3, 0.4) is 0 Å². The maximum absolute atomic E-state index is 10.8. The zero-order valence-corrected chi connectivity index (χ0v) is 8.98. The van der Waals surface area contributed by atoms with E-state index < -0.39 is 0 Å². The van der Waals surface area contributed by atoms with E-state index in [0.29, 0.717) is 24.3 Å². The van der Waals surface area contributed by atoms with Crippen LogP contribution in [0.15, 0.2) is 30.5 Å². The number of nitrogens with zero attached hydrogens (tertiary/aromatic N) is 4. The molecule has 2 rings (SSSR count). The molecule has 1 aromatic heterocycles. The molecule has 1 heterocycles. The summed E-state index contributed by atoms with van der Waals surface area (Å²) >= 11 is 0. The standard InChI is InChI=1S/C10H11N5O2/c11-10-7-14(13-12-10)6-5-8-3-1-2-4-9(8)15(16)17/h1-4,7H,5-6,11H2. The molecule has 0 saturated heterocycles. The first-order valence-electron chi connectivity index (χ1n) is 5.05. The van der Waals surface area contributed by atoms with Crippen molar-refractivity contribution in [3.05, 3.63) is 46.1 Å².